The van der Waals surface area contributed by atoms with Gasteiger partial charge in [0.15, 0.2) is 0 Å². The zero-order valence-corrected chi connectivity index (χ0v) is 10.1. The van der Waals surface area contributed by atoms with E-state index in [1.807, 2.05) is 18.2 Å². The Morgan fingerprint density at radius 2 is 1.67 bits per heavy atom. The minimum Gasteiger partial charge on any atom is -0.508 e. The van der Waals surface area contributed by atoms with Gasteiger partial charge < -0.3 is 10.1 Å². The number of para-hydroxylation sites is 1. The first kappa shape index (κ1) is 10.9. The number of aryl methyl sites for hydroxylation is 2. The summed E-state index contributed by atoms with van der Waals surface area (Å²) < 4.78 is 0. The topological polar surface area (TPSA) is 36.0 Å². The molecule has 0 atom stereocenters. The van der Waals surface area contributed by atoms with Crippen LogP contribution in [0.1, 0.15) is 11.1 Å². The Morgan fingerprint density at radius 1 is 0.889 bits per heavy atom. The van der Waals surface area contributed by atoms with E-state index >= 15 is 0 Å². The van der Waals surface area contributed by atoms with Crippen LogP contribution in [0.5, 0.6) is 5.75 Å². The number of nitrogens with one attached hydrogen (secondary N) is 1. The summed E-state index contributed by atoms with van der Waals surface area (Å²) in [5.74, 6) is 0.325. The highest BCUT2D eigenvalue weighted by Gasteiger charge is 2.03. The molecular formula is C16H15NO. The molecule has 1 heterocycles. The molecule has 0 bridgehead atoms. The molecule has 2 aromatic carbocycles. The summed E-state index contributed by atoms with van der Waals surface area (Å²) in [5.41, 5.74) is 3.79. The summed E-state index contributed by atoms with van der Waals surface area (Å²) in [6, 6.07) is 15.8. The molecule has 0 spiro atoms. The molecular weight excluding hydrogens is 222 g/mol. The lowest BCUT2D eigenvalue weighted by Crippen LogP contribution is -1.89. The van der Waals surface area contributed by atoms with Crippen molar-refractivity contribution >= 4 is 10.9 Å². The Bertz CT molecular complexity index is 652. The molecule has 2 heteroatoms. The number of H-pyrrole nitrogens is 1. The average molecular weight is 237 g/mol. The molecule has 0 radical (unpaired) electrons. The van der Waals surface area contributed by atoms with Crippen molar-refractivity contribution in [2.24, 2.45) is 0 Å². The van der Waals surface area contributed by atoms with Gasteiger partial charge in [-0.2, -0.15) is 0 Å². The summed E-state index contributed by atoms with van der Waals surface area (Å²) in [6.45, 7) is 0. The fourth-order valence-corrected chi connectivity index (χ4v) is 2.28. The van der Waals surface area contributed by atoms with Crippen LogP contribution in [0, 0.1) is 0 Å². The lowest BCUT2D eigenvalue weighted by molar-refractivity contribution is 0.475. The van der Waals surface area contributed by atoms with Crippen molar-refractivity contribution in [3.8, 4) is 5.75 Å². The fourth-order valence-electron chi connectivity index (χ4n) is 2.28. The molecule has 0 saturated carbocycles. The van der Waals surface area contributed by atoms with Crippen LogP contribution in [0.15, 0.2) is 54.7 Å². The van der Waals surface area contributed by atoms with Gasteiger partial charge in [0.1, 0.15) is 5.75 Å². The monoisotopic (exact) mass is 237 g/mol. The fraction of sp³-hybridized carbons (Fsp3) is 0.125. The Labute approximate surface area is 106 Å². The number of benzene rings is 2. The third kappa shape index (κ3) is 2.09. The lowest BCUT2D eigenvalue weighted by Gasteiger charge is -2.01. The van der Waals surface area contributed by atoms with E-state index in [1.165, 1.54) is 22.0 Å². The van der Waals surface area contributed by atoms with Gasteiger partial charge in [-0.15, -0.1) is 0 Å². The maximum absolute atomic E-state index is 9.25. The van der Waals surface area contributed by atoms with Gasteiger partial charge in [0.25, 0.3) is 0 Å². The van der Waals surface area contributed by atoms with E-state index in [9.17, 15) is 5.11 Å². The molecule has 0 fully saturated rings. The molecule has 3 rings (SSSR count). The second kappa shape index (κ2) is 4.57. The Morgan fingerprint density at radius 3 is 2.50 bits per heavy atom. The van der Waals surface area contributed by atoms with Crippen LogP contribution in [0.4, 0.5) is 0 Å². The van der Waals surface area contributed by atoms with Crippen LogP contribution < -0.4 is 0 Å². The van der Waals surface area contributed by atoms with Gasteiger partial charge in [0.2, 0.25) is 0 Å². The van der Waals surface area contributed by atoms with Crippen LogP contribution in [0.2, 0.25) is 0 Å². The smallest absolute Gasteiger partial charge is 0.115 e. The number of phenols is 1. The van der Waals surface area contributed by atoms with Crippen molar-refractivity contribution in [3.05, 3.63) is 65.9 Å². The van der Waals surface area contributed by atoms with Crippen molar-refractivity contribution in [1.82, 2.24) is 4.98 Å². The number of phenolic OH excluding ortho intramolecular Hbond substituents is 1. The predicted octanol–water partition coefficient (Wildman–Crippen LogP) is 3.66. The molecule has 1 aromatic heterocycles. The van der Waals surface area contributed by atoms with Crippen molar-refractivity contribution < 1.29 is 5.11 Å². The SMILES string of the molecule is Oc1ccc(CCc2c[nH]c3ccccc23)cc1. The zero-order chi connectivity index (χ0) is 12.4. The maximum atomic E-state index is 9.25. The summed E-state index contributed by atoms with van der Waals surface area (Å²) in [5, 5.41) is 10.5. The lowest BCUT2D eigenvalue weighted by atomic mass is 10.0. The quantitative estimate of drug-likeness (QED) is 0.716. The molecule has 0 saturated heterocycles. The van der Waals surface area contributed by atoms with Gasteiger partial charge in [0.05, 0.1) is 0 Å². The van der Waals surface area contributed by atoms with Crippen LogP contribution >= 0.6 is 0 Å². The van der Waals surface area contributed by atoms with Crippen molar-refractivity contribution in [2.45, 2.75) is 12.8 Å². The van der Waals surface area contributed by atoms with E-state index in [4.69, 9.17) is 0 Å². The molecule has 0 aliphatic rings. The van der Waals surface area contributed by atoms with E-state index in [2.05, 4.69) is 29.4 Å². The minimum absolute atomic E-state index is 0.325. The van der Waals surface area contributed by atoms with Gasteiger partial charge in [0, 0.05) is 17.1 Å². The summed E-state index contributed by atoms with van der Waals surface area (Å²) >= 11 is 0. The molecule has 2 N–H and O–H groups in total. The van der Waals surface area contributed by atoms with Crippen LogP contribution in [0.3, 0.4) is 0 Å². The van der Waals surface area contributed by atoms with E-state index in [1.54, 1.807) is 12.1 Å². The first-order chi connectivity index (χ1) is 8.83. The molecule has 2 nitrogen and oxygen atoms in total. The molecule has 0 aliphatic heterocycles. The maximum Gasteiger partial charge on any atom is 0.115 e. The van der Waals surface area contributed by atoms with Crippen LogP contribution in [-0.2, 0) is 12.8 Å². The predicted molar refractivity (Wildman–Crippen MR) is 73.8 cm³/mol. The van der Waals surface area contributed by atoms with Gasteiger partial charge in [-0.25, -0.2) is 0 Å². The van der Waals surface area contributed by atoms with E-state index in [0.717, 1.165) is 12.8 Å². The average Bonchev–Trinajstić information content (AvgIpc) is 2.82. The minimum atomic E-state index is 0.325. The second-order valence-electron chi connectivity index (χ2n) is 4.53. The number of rotatable bonds is 3. The number of aromatic amines is 1. The second-order valence-corrected chi connectivity index (χ2v) is 4.53. The third-order valence-electron chi connectivity index (χ3n) is 3.29. The normalized spacial score (nSPS) is 10.9. The highest BCUT2D eigenvalue weighted by atomic mass is 16.3. The Kier molecular flexibility index (Phi) is 2.77. The Hall–Kier alpha value is -2.22. The number of fused-ring (bicyclic) bond motifs is 1. The van der Waals surface area contributed by atoms with E-state index < -0.39 is 0 Å². The molecule has 0 aliphatic carbocycles. The highest BCUT2D eigenvalue weighted by molar-refractivity contribution is 5.83. The number of hydrogen-bond donors (Lipinski definition) is 2. The van der Waals surface area contributed by atoms with Gasteiger partial charge >= 0.3 is 0 Å². The van der Waals surface area contributed by atoms with Crippen LogP contribution in [-0.4, -0.2) is 10.1 Å². The van der Waals surface area contributed by atoms with E-state index in [-0.39, 0.29) is 0 Å². The number of aromatic nitrogens is 1. The summed E-state index contributed by atoms with van der Waals surface area (Å²) in [7, 11) is 0. The van der Waals surface area contributed by atoms with Gasteiger partial charge in [-0.1, -0.05) is 30.3 Å². The number of aromatic hydroxyl groups is 1. The molecule has 3 aromatic rings. The zero-order valence-electron chi connectivity index (χ0n) is 10.1. The van der Waals surface area contributed by atoms with Crippen molar-refractivity contribution in [1.29, 1.82) is 0 Å². The van der Waals surface area contributed by atoms with Crippen molar-refractivity contribution in [2.75, 3.05) is 0 Å². The number of hydrogen-bond acceptors (Lipinski definition) is 1. The first-order valence-electron chi connectivity index (χ1n) is 6.16. The standard InChI is InChI=1S/C16H15NO/c18-14-9-6-12(7-10-14)5-8-13-11-17-16-4-2-1-3-15(13)16/h1-4,6-7,9-11,17-18H,5,8H2. The third-order valence-corrected chi connectivity index (χ3v) is 3.29. The summed E-state index contributed by atoms with van der Waals surface area (Å²) in [4.78, 5) is 3.29. The Balaban J connectivity index is 1.79. The van der Waals surface area contributed by atoms with Crippen LogP contribution in [0.25, 0.3) is 10.9 Å². The van der Waals surface area contributed by atoms with E-state index in [0.29, 0.717) is 5.75 Å². The molecule has 0 amide bonds. The largest absolute Gasteiger partial charge is 0.508 e. The highest BCUT2D eigenvalue weighted by Crippen LogP contribution is 2.20. The van der Waals surface area contributed by atoms with Crippen molar-refractivity contribution in [3.63, 3.8) is 0 Å². The molecule has 0 unspecified atom stereocenters. The first-order valence-corrected chi connectivity index (χ1v) is 6.16. The van der Waals surface area contributed by atoms with Gasteiger partial charge in [-0.05, 0) is 42.2 Å². The molecule has 90 valence electrons. The molecule has 18 heavy (non-hydrogen) atoms. The van der Waals surface area contributed by atoms with Gasteiger partial charge in [-0.3, -0.25) is 0 Å². The summed E-state index contributed by atoms with van der Waals surface area (Å²) in [6.07, 6.45) is 4.09.